The number of hydrogen-bond acceptors (Lipinski definition) is 4. The van der Waals surface area contributed by atoms with Crippen molar-refractivity contribution < 1.29 is 9.66 Å². The highest BCUT2D eigenvalue weighted by Crippen LogP contribution is 2.31. The maximum Gasteiger partial charge on any atom is 0.311 e. The quantitative estimate of drug-likeness (QED) is 0.649. The van der Waals surface area contributed by atoms with Gasteiger partial charge in [0.25, 0.3) is 0 Å². The minimum absolute atomic E-state index is 0.00462. The molecule has 106 valence electrons. The Kier molecular flexibility index (Phi) is 4.75. The van der Waals surface area contributed by atoms with Gasteiger partial charge in [-0.1, -0.05) is 20.8 Å². The smallest absolute Gasteiger partial charge is 0.311 e. The summed E-state index contributed by atoms with van der Waals surface area (Å²) in [6.45, 7) is 10.8. The molecule has 1 N–H and O–H groups in total. The maximum atomic E-state index is 10.9. The van der Waals surface area contributed by atoms with Gasteiger partial charge in [0.05, 0.1) is 11.0 Å². The van der Waals surface area contributed by atoms with E-state index in [1.54, 1.807) is 12.1 Å². The number of nitro groups is 1. The molecule has 0 amide bonds. The van der Waals surface area contributed by atoms with Crippen LogP contribution in [0.25, 0.3) is 0 Å². The molecule has 0 aliphatic heterocycles. The van der Waals surface area contributed by atoms with Crippen molar-refractivity contribution in [3.8, 4) is 5.75 Å². The van der Waals surface area contributed by atoms with Gasteiger partial charge in [0.2, 0.25) is 0 Å². The summed E-state index contributed by atoms with van der Waals surface area (Å²) < 4.78 is 5.50. The van der Waals surface area contributed by atoms with Gasteiger partial charge in [0.15, 0.2) is 5.75 Å². The summed E-state index contributed by atoms with van der Waals surface area (Å²) >= 11 is 0. The number of hydrogen-bond donors (Lipinski definition) is 1. The topological polar surface area (TPSA) is 64.4 Å². The fraction of sp³-hybridized carbons (Fsp3) is 0.571. The summed E-state index contributed by atoms with van der Waals surface area (Å²) in [6.07, 6.45) is -0.100. The van der Waals surface area contributed by atoms with Crippen LogP contribution in [0.1, 0.15) is 34.6 Å². The molecule has 0 heterocycles. The van der Waals surface area contributed by atoms with Crippen LogP contribution in [0.2, 0.25) is 0 Å². The van der Waals surface area contributed by atoms with Gasteiger partial charge in [-0.25, -0.2) is 0 Å². The Labute approximate surface area is 114 Å². The first kappa shape index (κ1) is 15.3. The first-order valence-corrected chi connectivity index (χ1v) is 6.38. The molecule has 0 spiro atoms. The van der Waals surface area contributed by atoms with Gasteiger partial charge in [0.1, 0.15) is 0 Å². The summed E-state index contributed by atoms with van der Waals surface area (Å²) in [5.74, 6) is 0.305. The van der Waals surface area contributed by atoms with Crippen molar-refractivity contribution in [1.82, 2.24) is 0 Å². The number of nitrogens with zero attached hydrogens (tertiary/aromatic N) is 1. The number of nitro benzene ring substituents is 1. The lowest BCUT2D eigenvalue weighted by Crippen LogP contribution is -2.19. The summed E-state index contributed by atoms with van der Waals surface area (Å²) in [5, 5.41) is 14.2. The molecule has 0 unspecified atom stereocenters. The second-order valence-corrected chi connectivity index (χ2v) is 6.02. The molecular weight excluding hydrogens is 244 g/mol. The molecular formula is C14H22N2O3. The van der Waals surface area contributed by atoms with E-state index >= 15 is 0 Å². The van der Waals surface area contributed by atoms with Crippen molar-refractivity contribution in [2.75, 3.05) is 11.9 Å². The Bertz CT molecular complexity index is 450. The van der Waals surface area contributed by atoms with E-state index in [0.29, 0.717) is 5.75 Å². The Morgan fingerprint density at radius 3 is 2.47 bits per heavy atom. The van der Waals surface area contributed by atoms with Crippen LogP contribution in [0.5, 0.6) is 5.75 Å². The average molecular weight is 266 g/mol. The van der Waals surface area contributed by atoms with Crippen LogP contribution in [0.3, 0.4) is 0 Å². The fourth-order valence-corrected chi connectivity index (χ4v) is 1.49. The molecule has 0 aromatic heterocycles. The van der Waals surface area contributed by atoms with Crippen molar-refractivity contribution in [1.29, 1.82) is 0 Å². The van der Waals surface area contributed by atoms with E-state index in [-0.39, 0.29) is 17.2 Å². The van der Waals surface area contributed by atoms with Gasteiger partial charge >= 0.3 is 5.69 Å². The minimum atomic E-state index is -0.425. The number of nitrogens with one attached hydrogen (secondary N) is 1. The average Bonchev–Trinajstić information content (AvgIpc) is 2.24. The molecule has 1 aromatic carbocycles. The predicted molar refractivity (Wildman–Crippen MR) is 76.8 cm³/mol. The largest absolute Gasteiger partial charge is 0.484 e. The summed E-state index contributed by atoms with van der Waals surface area (Å²) in [7, 11) is 0. The van der Waals surface area contributed by atoms with Crippen LogP contribution in [0, 0.1) is 15.5 Å². The number of benzene rings is 1. The van der Waals surface area contributed by atoms with Gasteiger partial charge in [0, 0.05) is 24.4 Å². The molecule has 0 fully saturated rings. The van der Waals surface area contributed by atoms with Crippen molar-refractivity contribution in [3.05, 3.63) is 28.3 Å². The molecule has 1 aromatic rings. The molecule has 0 aliphatic rings. The predicted octanol–water partition coefficient (Wildman–Crippen LogP) is 3.84. The molecule has 1 rings (SSSR count). The third-order valence-electron chi connectivity index (χ3n) is 2.34. The zero-order chi connectivity index (χ0) is 14.6. The number of anilines is 1. The van der Waals surface area contributed by atoms with E-state index in [1.807, 2.05) is 13.8 Å². The van der Waals surface area contributed by atoms with Crippen LogP contribution in [0.4, 0.5) is 11.4 Å². The van der Waals surface area contributed by atoms with Crippen LogP contribution >= 0.6 is 0 Å². The highest BCUT2D eigenvalue weighted by atomic mass is 16.6. The van der Waals surface area contributed by atoms with Gasteiger partial charge in [-0.05, 0) is 25.3 Å². The normalized spacial score (nSPS) is 11.5. The van der Waals surface area contributed by atoms with E-state index in [9.17, 15) is 10.1 Å². The zero-order valence-corrected chi connectivity index (χ0v) is 12.2. The maximum absolute atomic E-state index is 10.9. The SMILES string of the molecule is CC(C)Oc1cc(NCC(C)(C)C)ccc1[N+](=O)[O-]. The van der Waals surface area contributed by atoms with Crippen molar-refractivity contribution >= 4 is 11.4 Å². The standard InChI is InChI=1S/C14H22N2O3/c1-10(2)19-13-8-11(15-9-14(3,4)5)6-7-12(13)16(17)18/h6-8,10,15H,9H2,1-5H3. The van der Waals surface area contributed by atoms with Crippen LogP contribution in [-0.4, -0.2) is 17.6 Å². The molecule has 0 atom stereocenters. The Balaban J connectivity index is 2.94. The molecule has 5 heteroatoms. The van der Waals surface area contributed by atoms with Crippen molar-refractivity contribution in [3.63, 3.8) is 0 Å². The third-order valence-corrected chi connectivity index (χ3v) is 2.34. The van der Waals surface area contributed by atoms with Crippen LogP contribution in [-0.2, 0) is 0 Å². The highest BCUT2D eigenvalue weighted by Gasteiger charge is 2.17. The molecule has 5 nitrogen and oxygen atoms in total. The van der Waals surface area contributed by atoms with Gasteiger partial charge in [-0.3, -0.25) is 10.1 Å². The molecule has 0 saturated heterocycles. The lowest BCUT2D eigenvalue weighted by molar-refractivity contribution is -0.386. The van der Waals surface area contributed by atoms with Gasteiger partial charge < -0.3 is 10.1 Å². The number of ether oxygens (including phenoxy) is 1. The second kappa shape index (κ2) is 5.91. The Morgan fingerprint density at radius 1 is 1.37 bits per heavy atom. The van der Waals surface area contributed by atoms with E-state index < -0.39 is 4.92 Å². The van der Waals surface area contributed by atoms with Crippen molar-refractivity contribution in [2.45, 2.75) is 40.7 Å². The summed E-state index contributed by atoms with van der Waals surface area (Å²) in [6, 6.07) is 4.86. The molecule has 19 heavy (non-hydrogen) atoms. The molecule has 0 radical (unpaired) electrons. The third kappa shape index (κ3) is 5.16. The fourth-order valence-electron chi connectivity index (χ4n) is 1.49. The number of rotatable bonds is 5. The van der Waals surface area contributed by atoms with Crippen LogP contribution in [0.15, 0.2) is 18.2 Å². The Hall–Kier alpha value is -1.78. The zero-order valence-electron chi connectivity index (χ0n) is 12.2. The van der Waals surface area contributed by atoms with E-state index in [1.165, 1.54) is 6.07 Å². The van der Waals surface area contributed by atoms with E-state index in [0.717, 1.165) is 12.2 Å². The van der Waals surface area contributed by atoms with E-state index in [2.05, 4.69) is 26.1 Å². The van der Waals surface area contributed by atoms with E-state index in [4.69, 9.17) is 4.74 Å². The molecule has 0 saturated carbocycles. The lowest BCUT2D eigenvalue weighted by atomic mass is 9.97. The Morgan fingerprint density at radius 2 is 2.00 bits per heavy atom. The van der Waals surface area contributed by atoms with Gasteiger partial charge in [-0.2, -0.15) is 0 Å². The highest BCUT2D eigenvalue weighted by molar-refractivity contribution is 5.58. The second-order valence-electron chi connectivity index (χ2n) is 6.02. The summed E-state index contributed by atoms with van der Waals surface area (Å²) in [4.78, 5) is 10.5. The minimum Gasteiger partial charge on any atom is -0.484 e. The lowest BCUT2D eigenvalue weighted by Gasteiger charge is -2.20. The monoisotopic (exact) mass is 266 g/mol. The first-order chi connectivity index (χ1) is 8.69. The first-order valence-electron chi connectivity index (χ1n) is 6.38. The van der Waals surface area contributed by atoms with Crippen molar-refractivity contribution in [2.24, 2.45) is 5.41 Å². The molecule has 0 bridgehead atoms. The summed E-state index contributed by atoms with van der Waals surface area (Å²) in [5.41, 5.74) is 0.965. The van der Waals surface area contributed by atoms with Gasteiger partial charge in [-0.15, -0.1) is 0 Å². The molecule has 0 aliphatic carbocycles. The van der Waals surface area contributed by atoms with Crippen LogP contribution < -0.4 is 10.1 Å².